The highest BCUT2D eigenvalue weighted by molar-refractivity contribution is 7.20. The van der Waals surface area contributed by atoms with Gasteiger partial charge in [-0.1, -0.05) is 29.9 Å². The Morgan fingerprint density at radius 3 is 2.86 bits per heavy atom. The first-order valence-corrected chi connectivity index (χ1v) is 10.6. The van der Waals surface area contributed by atoms with Gasteiger partial charge in [0.25, 0.3) is 5.19 Å². The maximum absolute atomic E-state index is 14.8. The van der Waals surface area contributed by atoms with E-state index < -0.39 is 5.67 Å². The molecule has 1 atom stereocenters. The Morgan fingerprint density at radius 2 is 2.18 bits per heavy atom. The fraction of sp³-hybridized carbons (Fsp3) is 0.600. The summed E-state index contributed by atoms with van der Waals surface area (Å²) < 4.78 is 32.4. The van der Waals surface area contributed by atoms with Crippen LogP contribution in [0.4, 0.5) is 4.39 Å². The molecule has 8 heteroatoms. The number of thiazole rings is 1. The molecule has 0 amide bonds. The molecule has 3 rings (SSSR count). The molecule has 2 aromatic rings. The fourth-order valence-corrected chi connectivity index (χ4v) is 4.50. The summed E-state index contributed by atoms with van der Waals surface area (Å²) in [6, 6.07) is 3.50. The molecule has 0 unspecified atom stereocenters. The summed E-state index contributed by atoms with van der Waals surface area (Å²) in [5.41, 5.74) is -0.686. The Kier molecular flexibility index (Phi) is 6.78. The van der Waals surface area contributed by atoms with Crippen molar-refractivity contribution in [3.05, 3.63) is 17.2 Å². The fourth-order valence-electron chi connectivity index (χ4n) is 3.27. The van der Waals surface area contributed by atoms with Crippen LogP contribution in [0.25, 0.3) is 10.2 Å². The van der Waals surface area contributed by atoms with Crippen LogP contribution in [0.1, 0.15) is 40.0 Å². The smallest absolute Gasteiger partial charge is 0.274 e. The molecular formula is C20H25ClFNO4S. The lowest BCUT2D eigenvalue weighted by molar-refractivity contribution is -0.125. The normalized spacial score (nSPS) is 22.7. The average Bonchev–Trinajstić information content (AvgIpc) is 3.01. The molecule has 0 saturated heterocycles. The third kappa shape index (κ3) is 5.13. The summed E-state index contributed by atoms with van der Waals surface area (Å²) >= 11 is 7.76. The van der Waals surface area contributed by atoms with E-state index in [1.54, 1.807) is 19.1 Å². The van der Waals surface area contributed by atoms with Crippen LogP contribution in [0, 0.1) is 5.92 Å². The molecule has 28 heavy (non-hydrogen) atoms. The van der Waals surface area contributed by atoms with Crippen molar-refractivity contribution in [2.24, 2.45) is 5.92 Å². The third-order valence-corrected chi connectivity index (χ3v) is 6.12. The van der Waals surface area contributed by atoms with Crippen molar-refractivity contribution in [1.29, 1.82) is 0 Å². The van der Waals surface area contributed by atoms with Crippen LogP contribution >= 0.6 is 22.9 Å². The topological polar surface area (TPSA) is 57.6 Å². The van der Waals surface area contributed by atoms with E-state index in [0.717, 1.165) is 10.2 Å². The third-order valence-electron chi connectivity index (χ3n) is 4.64. The minimum absolute atomic E-state index is 0.0712. The summed E-state index contributed by atoms with van der Waals surface area (Å²) in [6.07, 6.45) is 0.931. The zero-order chi connectivity index (χ0) is 20.3. The number of ether oxygens (including phenoxy) is 3. The molecule has 1 aromatic carbocycles. The van der Waals surface area contributed by atoms with Gasteiger partial charge in [0.15, 0.2) is 0 Å². The maximum Gasteiger partial charge on any atom is 0.274 e. The van der Waals surface area contributed by atoms with Crippen LogP contribution in [0.2, 0.25) is 5.02 Å². The van der Waals surface area contributed by atoms with E-state index in [4.69, 9.17) is 25.8 Å². The number of aromatic nitrogens is 1. The molecule has 0 spiro atoms. The van der Waals surface area contributed by atoms with Crippen molar-refractivity contribution >= 4 is 38.9 Å². The Hall–Kier alpha value is -1.44. The molecule has 1 aliphatic carbocycles. The number of fused-ring (bicyclic) bond motifs is 1. The van der Waals surface area contributed by atoms with Gasteiger partial charge in [0.2, 0.25) is 0 Å². The van der Waals surface area contributed by atoms with Crippen molar-refractivity contribution in [3.8, 4) is 10.9 Å². The second-order valence-corrected chi connectivity index (χ2v) is 8.79. The summed E-state index contributed by atoms with van der Waals surface area (Å²) in [6.45, 7) is 6.34. The Balaban J connectivity index is 1.50. The van der Waals surface area contributed by atoms with Gasteiger partial charge >= 0.3 is 0 Å². The molecule has 0 N–H and O–H groups in total. The molecule has 1 fully saturated rings. The van der Waals surface area contributed by atoms with Crippen molar-refractivity contribution in [2.45, 2.75) is 51.8 Å². The lowest BCUT2D eigenvalue weighted by Crippen LogP contribution is -2.49. The maximum atomic E-state index is 14.8. The van der Waals surface area contributed by atoms with Gasteiger partial charge in [0.1, 0.15) is 28.8 Å². The molecule has 154 valence electrons. The number of alkyl halides is 1. The van der Waals surface area contributed by atoms with E-state index in [2.05, 4.69) is 4.98 Å². The number of nitrogens with zero attached hydrogens (tertiary/aromatic N) is 1. The van der Waals surface area contributed by atoms with Gasteiger partial charge < -0.3 is 19.0 Å². The number of carbonyl (C=O) groups excluding carboxylic acids is 1. The number of hydrogen-bond donors (Lipinski definition) is 0. The number of benzene rings is 1. The van der Waals surface area contributed by atoms with Gasteiger partial charge in [-0.05, 0) is 31.9 Å². The first-order valence-electron chi connectivity index (χ1n) is 9.44. The predicted octanol–water partition coefficient (Wildman–Crippen LogP) is 5.23. The second-order valence-electron chi connectivity index (χ2n) is 7.45. The second kappa shape index (κ2) is 8.93. The largest absolute Gasteiger partial charge is 0.489 e. The van der Waals surface area contributed by atoms with Crippen LogP contribution in [-0.4, -0.2) is 42.4 Å². The van der Waals surface area contributed by atoms with Crippen molar-refractivity contribution < 1.29 is 23.4 Å². The predicted molar refractivity (Wildman–Crippen MR) is 109 cm³/mol. The van der Waals surface area contributed by atoms with Crippen LogP contribution in [0.3, 0.4) is 0 Å². The summed E-state index contributed by atoms with van der Waals surface area (Å²) in [4.78, 5) is 15.4. The number of hydrogen-bond acceptors (Lipinski definition) is 6. The van der Waals surface area contributed by atoms with Gasteiger partial charge in [-0.2, -0.15) is 0 Å². The van der Waals surface area contributed by atoms with Gasteiger partial charge in [0.05, 0.1) is 22.9 Å². The van der Waals surface area contributed by atoms with E-state index in [0.29, 0.717) is 35.6 Å². The van der Waals surface area contributed by atoms with E-state index in [1.165, 1.54) is 11.3 Å². The quantitative estimate of drug-likeness (QED) is 0.517. The van der Waals surface area contributed by atoms with Crippen LogP contribution in [-0.2, 0) is 9.53 Å². The SMILES string of the molecule is CCOc1nc2ccc(OCC3(F)CC(OC[C@H](C)CC(C)=O)C3)c(Cl)c2s1. The van der Waals surface area contributed by atoms with Crippen molar-refractivity contribution in [3.63, 3.8) is 0 Å². The molecule has 1 aliphatic rings. The zero-order valence-corrected chi connectivity index (χ0v) is 17.9. The van der Waals surface area contributed by atoms with Gasteiger partial charge in [-0.25, -0.2) is 9.37 Å². The molecule has 1 heterocycles. The van der Waals surface area contributed by atoms with E-state index in [9.17, 15) is 9.18 Å². The lowest BCUT2D eigenvalue weighted by atomic mass is 9.79. The van der Waals surface area contributed by atoms with Crippen molar-refractivity contribution in [2.75, 3.05) is 19.8 Å². The molecule has 1 saturated carbocycles. The van der Waals surface area contributed by atoms with Gasteiger partial charge in [-0.3, -0.25) is 0 Å². The van der Waals surface area contributed by atoms with Crippen LogP contribution < -0.4 is 9.47 Å². The molecule has 0 bridgehead atoms. The summed E-state index contributed by atoms with van der Waals surface area (Å²) in [5.74, 6) is 0.730. The highest BCUT2D eigenvalue weighted by Crippen LogP contribution is 2.42. The Bertz CT molecular complexity index is 837. The molecule has 0 aliphatic heterocycles. The highest BCUT2D eigenvalue weighted by atomic mass is 35.5. The molecule has 1 aromatic heterocycles. The van der Waals surface area contributed by atoms with E-state index >= 15 is 0 Å². The first-order chi connectivity index (χ1) is 13.3. The number of Topliss-reactive ketones (excluding diaryl/α,β-unsaturated/α-hetero) is 1. The van der Waals surface area contributed by atoms with Crippen LogP contribution in [0.15, 0.2) is 12.1 Å². The number of rotatable bonds is 10. The monoisotopic (exact) mass is 429 g/mol. The van der Waals surface area contributed by atoms with E-state index in [1.807, 2.05) is 13.8 Å². The summed E-state index contributed by atoms with van der Waals surface area (Å²) in [7, 11) is 0. The Labute approximate surface area is 173 Å². The number of halogens is 2. The van der Waals surface area contributed by atoms with Crippen molar-refractivity contribution in [1.82, 2.24) is 4.98 Å². The minimum atomic E-state index is -1.42. The standard InChI is InChI=1S/C20H25ClFNO4S/c1-4-25-19-23-15-5-6-16(17(21)18(15)28-19)27-11-20(22)8-14(9-20)26-10-12(2)7-13(3)24/h5-6,12,14H,4,7-11H2,1-3H3/t12-,14?,20?/m1/s1. The van der Waals surface area contributed by atoms with E-state index in [-0.39, 0.29) is 37.3 Å². The van der Waals surface area contributed by atoms with Gasteiger partial charge in [-0.15, -0.1) is 0 Å². The molecule has 0 radical (unpaired) electrons. The lowest BCUT2D eigenvalue weighted by Gasteiger charge is -2.41. The summed E-state index contributed by atoms with van der Waals surface area (Å²) in [5, 5.41) is 0.978. The van der Waals surface area contributed by atoms with Crippen LogP contribution in [0.5, 0.6) is 10.9 Å². The Morgan fingerprint density at radius 1 is 1.43 bits per heavy atom. The number of carbonyl (C=O) groups is 1. The first kappa shape index (κ1) is 21.3. The molecular weight excluding hydrogens is 405 g/mol. The highest BCUT2D eigenvalue weighted by Gasteiger charge is 2.46. The van der Waals surface area contributed by atoms with Gasteiger partial charge in [0, 0.05) is 25.9 Å². The number of ketones is 1. The molecule has 5 nitrogen and oxygen atoms in total. The average molecular weight is 430 g/mol. The zero-order valence-electron chi connectivity index (χ0n) is 16.3. The minimum Gasteiger partial charge on any atom is -0.489 e.